The summed E-state index contributed by atoms with van der Waals surface area (Å²) in [6, 6.07) is 17.9. The molecule has 2 heterocycles. The van der Waals surface area contributed by atoms with Crippen LogP contribution in [0.5, 0.6) is 5.75 Å². The summed E-state index contributed by atoms with van der Waals surface area (Å²) in [7, 11) is 0. The van der Waals surface area contributed by atoms with E-state index >= 15 is 0 Å². The van der Waals surface area contributed by atoms with Crippen LogP contribution >= 0.6 is 0 Å². The number of aryl methyl sites for hydroxylation is 1. The van der Waals surface area contributed by atoms with E-state index in [1.165, 1.54) is 5.56 Å². The zero-order chi connectivity index (χ0) is 18.6. The second-order valence-electron chi connectivity index (χ2n) is 6.56. The Morgan fingerprint density at radius 3 is 2.56 bits per heavy atom. The van der Waals surface area contributed by atoms with Gasteiger partial charge < -0.3 is 14.2 Å². The molecule has 0 unspecified atom stereocenters. The summed E-state index contributed by atoms with van der Waals surface area (Å²) >= 11 is 0. The van der Waals surface area contributed by atoms with Gasteiger partial charge in [-0.15, -0.1) is 10.2 Å². The average Bonchev–Trinajstić information content (AvgIpc) is 3.16. The van der Waals surface area contributed by atoms with Gasteiger partial charge in [0, 0.05) is 18.7 Å². The monoisotopic (exact) mass is 362 g/mol. The second-order valence-corrected chi connectivity index (χ2v) is 6.56. The lowest BCUT2D eigenvalue weighted by atomic mass is 10.2. The first-order chi connectivity index (χ1) is 13.2. The summed E-state index contributed by atoms with van der Waals surface area (Å²) in [5, 5.41) is 8.60. The van der Waals surface area contributed by atoms with Crippen molar-refractivity contribution in [3.63, 3.8) is 0 Å². The Bertz CT molecular complexity index is 919. The van der Waals surface area contributed by atoms with Crippen LogP contribution < -0.4 is 4.74 Å². The Kier molecular flexibility index (Phi) is 4.87. The van der Waals surface area contributed by atoms with E-state index in [2.05, 4.69) is 21.7 Å². The molecule has 1 aliphatic heterocycles. The summed E-state index contributed by atoms with van der Waals surface area (Å²) in [6.07, 6.45) is 0.985. The van der Waals surface area contributed by atoms with Crippen molar-refractivity contribution in [2.75, 3.05) is 13.2 Å². The number of amides is 1. The maximum absolute atomic E-state index is 12.5. The van der Waals surface area contributed by atoms with Crippen molar-refractivity contribution >= 4 is 5.91 Å². The van der Waals surface area contributed by atoms with E-state index in [1.807, 2.05) is 54.6 Å². The Morgan fingerprint density at radius 1 is 1.04 bits per heavy atom. The van der Waals surface area contributed by atoms with Gasteiger partial charge in [-0.1, -0.05) is 49.4 Å². The molecular weight excluding hydrogens is 340 g/mol. The van der Waals surface area contributed by atoms with Crippen molar-refractivity contribution in [1.82, 2.24) is 19.7 Å². The molecule has 1 amide bonds. The van der Waals surface area contributed by atoms with Crippen LogP contribution in [0.25, 0.3) is 11.4 Å². The predicted molar refractivity (Wildman–Crippen MR) is 102 cm³/mol. The second kappa shape index (κ2) is 7.61. The molecule has 2 aromatic carbocycles. The Morgan fingerprint density at radius 2 is 1.81 bits per heavy atom. The van der Waals surface area contributed by atoms with E-state index in [0.29, 0.717) is 25.4 Å². The molecule has 6 nitrogen and oxygen atoms in total. The normalized spacial score (nSPS) is 13.3. The molecule has 0 spiro atoms. The summed E-state index contributed by atoms with van der Waals surface area (Å²) < 4.78 is 7.74. The van der Waals surface area contributed by atoms with Crippen molar-refractivity contribution in [3.8, 4) is 17.1 Å². The molecule has 0 fully saturated rings. The molecule has 0 N–H and O–H groups in total. The highest BCUT2D eigenvalue weighted by atomic mass is 16.5. The Hall–Kier alpha value is -3.15. The number of rotatable bonds is 5. The molecule has 0 bridgehead atoms. The van der Waals surface area contributed by atoms with Crippen LogP contribution in [0.2, 0.25) is 0 Å². The molecular formula is C21H22N4O2. The number of fused-ring (bicyclic) bond motifs is 1. The van der Waals surface area contributed by atoms with Crippen LogP contribution in [0.15, 0.2) is 54.6 Å². The zero-order valence-corrected chi connectivity index (χ0v) is 15.3. The minimum Gasteiger partial charge on any atom is -0.484 e. The van der Waals surface area contributed by atoms with Gasteiger partial charge in [0.15, 0.2) is 18.3 Å². The zero-order valence-electron chi connectivity index (χ0n) is 15.3. The van der Waals surface area contributed by atoms with E-state index in [9.17, 15) is 4.79 Å². The first-order valence-corrected chi connectivity index (χ1v) is 9.21. The fourth-order valence-corrected chi connectivity index (χ4v) is 3.23. The predicted octanol–water partition coefficient (Wildman–Crippen LogP) is 2.93. The van der Waals surface area contributed by atoms with Gasteiger partial charge in [-0.2, -0.15) is 0 Å². The first kappa shape index (κ1) is 17.3. The third-order valence-electron chi connectivity index (χ3n) is 4.83. The highest BCUT2D eigenvalue weighted by Gasteiger charge is 2.25. The minimum absolute atomic E-state index is 0.0329. The molecule has 1 aromatic heterocycles. The summed E-state index contributed by atoms with van der Waals surface area (Å²) in [5.74, 6) is 2.34. The van der Waals surface area contributed by atoms with Gasteiger partial charge in [0.1, 0.15) is 5.75 Å². The van der Waals surface area contributed by atoms with Gasteiger partial charge in [0.2, 0.25) is 0 Å². The molecule has 27 heavy (non-hydrogen) atoms. The highest BCUT2D eigenvalue weighted by molar-refractivity contribution is 5.77. The Balaban J connectivity index is 1.39. The average molecular weight is 362 g/mol. The van der Waals surface area contributed by atoms with Crippen LogP contribution in [0.1, 0.15) is 18.3 Å². The van der Waals surface area contributed by atoms with Crippen molar-refractivity contribution in [1.29, 1.82) is 0 Å². The van der Waals surface area contributed by atoms with Gasteiger partial charge >= 0.3 is 0 Å². The van der Waals surface area contributed by atoms with Crippen LogP contribution in [-0.4, -0.2) is 38.7 Å². The molecule has 0 atom stereocenters. The maximum atomic E-state index is 12.5. The number of ether oxygens (including phenoxy) is 1. The first-order valence-electron chi connectivity index (χ1n) is 9.21. The van der Waals surface area contributed by atoms with E-state index in [4.69, 9.17) is 4.74 Å². The summed E-state index contributed by atoms with van der Waals surface area (Å²) in [5.41, 5.74) is 2.29. The van der Waals surface area contributed by atoms with Crippen molar-refractivity contribution in [2.24, 2.45) is 0 Å². The molecule has 4 rings (SSSR count). The summed E-state index contributed by atoms with van der Waals surface area (Å²) in [6.45, 7) is 3.91. The van der Waals surface area contributed by atoms with E-state index in [-0.39, 0.29) is 12.5 Å². The molecule has 138 valence electrons. The van der Waals surface area contributed by atoms with Gasteiger partial charge in [-0.25, -0.2) is 0 Å². The smallest absolute Gasteiger partial charge is 0.260 e. The van der Waals surface area contributed by atoms with E-state index < -0.39 is 0 Å². The summed E-state index contributed by atoms with van der Waals surface area (Å²) in [4.78, 5) is 14.3. The fraction of sp³-hybridized carbons (Fsp3) is 0.286. The van der Waals surface area contributed by atoms with Crippen LogP contribution in [0, 0.1) is 0 Å². The SMILES string of the molecule is CCc1ccc(OCC(=O)N2CCn3c(nnc3-c3ccccc3)C2)cc1. The maximum Gasteiger partial charge on any atom is 0.260 e. The number of hydrogen-bond acceptors (Lipinski definition) is 4. The molecule has 0 saturated carbocycles. The molecule has 0 saturated heterocycles. The van der Waals surface area contributed by atoms with Crippen LogP contribution in [0.3, 0.4) is 0 Å². The van der Waals surface area contributed by atoms with E-state index in [1.54, 1.807) is 4.90 Å². The van der Waals surface area contributed by atoms with Crippen molar-refractivity contribution < 1.29 is 9.53 Å². The third-order valence-corrected chi connectivity index (χ3v) is 4.83. The topological polar surface area (TPSA) is 60.2 Å². The number of benzene rings is 2. The molecule has 0 radical (unpaired) electrons. The van der Waals surface area contributed by atoms with Gasteiger partial charge in [0.05, 0.1) is 6.54 Å². The lowest BCUT2D eigenvalue weighted by Gasteiger charge is -2.27. The molecule has 0 aliphatic carbocycles. The van der Waals surface area contributed by atoms with E-state index in [0.717, 1.165) is 23.6 Å². The van der Waals surface area contributed by atoms with Crippen molar-refractivity contribution in [3.05, 3.63) is 66.0 Å². The Labute approximate surface area is 158 Å². The fourth-order valence-electron chi connectivity index (χ4n) is 3.23. The van der Waals surface area contributed by atoms with Gasteiger partial charge in [0.25, 0.3) is 5.91 Å². The standard InChI is InChI=1S/C21H22N4O2/c1-2-16-8-10-18(11-9-16)27-15-20(26)24-12-13-25-19(14-24)22-23-21(25)17-6-4-3-5-7-17/h3-11H,2,12-15H2,1H3. The third kappa shape index (κ3) is 3.69. The van der Waals surface area contributed by atoms with Crippen LogP contribution in [-0.2, 0) is 24.3 Å². The highest BCUT2D eigenvalue weighted by Crippen LogP contribution is 2.21. The molecule has 6 heteroatoms. The number of carbonyl (C=O) groups excluding carboxylic acids is 1. The lowest BCUT2D eigenvalue weighted by Crippen LogP contribution is -2.41. The largest absolute Gasteiger partial charge is 0.484 e. The molecule has 3 aromatic rings. The van der Waals surface area contributed by atoms with Crippen LogP contribution in [0.4, 0.5) is 0 Å². The number of aromatic nitrogens is 3. The lowest BCUT2D eigenvalue weighted by molar-refractivity contribution is -0.134. The number of carbonyl (C=O) groups is 1. The minimum atomic E-state index is -0.0370. The number of nitrogens with zero attached hydrogens (tertiary/aromatic N) is 4. The van der Waals surface area contributed by atoms with Gasteiger partial charge in [-0.3, -0.25) is 4.79 Å². The van der Waals surface area contributed by atoms with Gasteiger partial charge in [-0.05, 0) is 24.1 Å². The molecule has 1 aliphatic rings. The quantitative estimate of drug-likeness (QED) is 0.700. The van der Waals surface area contributed by atoms with Crippen molar-refractivity contribution in [2.45, 2.75) is 26.4 Å². The number of hydrogen-bond donors (Lipinski definition) is 0.